The number of carbonyl (C=O) groups excluding carboxylic acids is 1. The smallest absolute Gasteiger partial charge is 0.449 e. The zero-order valence-electron chi connectivity index (χ0n) is 14.6. The lowest BCUT2D eigenvalue weighted by Crippen LogP contribution is -2.32. The molecule has 0 saturated carbocycles. The summed E-state index contributed by atoms with van der Waals surface area (Å²) in [5, 5.41) is 2.57. The number of benzene rings is 2. The van der Waals surface area contributed by atoms with Gasteiger partial charge in [-0.1, -0.05) is 24.3 Å². The van der Waals surface area contributed by atoms with Gasteiger partial charge in [0.25, 0.3) is 5.91 Å². The molecule has 27 heavy (non-hydrogen) atoms. The Kier molecular flexibility index (Phi) is 5.34. The molecule has 8 heteroatoms. The average molecular weight is 377 g/mol. The first-order chi connectivity index (χ1) is 12.8. The van der Waals surface area contributed by atoms with Gasteiger partial charge in [-0.3, -0.25) is 4.79 Å². The third-order valence-corrected chi connectivity index (χ3v) is 3.93. The van der Waals surface area contributed by atoms with Crippen molar-refractivity contribution in [2.24, 2.45) is 0 Å². The summed E-state index contributed by atoms with van der Waals surface area (Å²) >= 11 is 0. The molecule has 3 aromatic rings. The van der Waals surface area contributed by atoms with Gasteiger partial charge in [-0.2, -0.15) is 13.2 Å². The maximum absolute atomic E-state index is 13.2. The molecule has 0 atom stereocenters. The predicted octanol–water partition coefficient (Wildman–Crippen LogP) is 3.56. The van der Waals surface area contributed by atoms with Crippen molar-refractivity contribution >= 4 is 16.9 Å². The predicted molar refractivity (Wildman–Crippen MR) is 94.4 cm³/mol. The maximum atomic E-state index is 13.2. The Bertz CT molecular complexity index is 951. The van der Waals surface area contributed by atoms with Crippen LogP contribution in [-0.2, 0) is 17.5 Å². The highest BCUT2D eigenvalue weighted by Gasteiger charge is 2.37. The van der Waals surface area contributed by atoms with Crippen LogP contribution in [0.25, 0.3) is 11.0 Å². The Labute approximate surface area is 153 Å². The number of aryl methyl sites for hydroxylation is 1. The van der Waals surface area contributed by atoms with Gasteiger partial charge in [0.05, 0.1) is 11.0 Å². The standard InChI is InChI=1S/C19H18F3N3O2/c1-13-5-4-6-14(11-13)27-12-17(26)23-9-10-25-16-8-3-2-7-15(16)24-18(25)19(20,21)22/h2-8,11H,9-10,12H2,1H3,(H,23,26). The molecule has 0 unspecified atom stereocenters. The lowest BCUT2D eigenvalue weighted by Gasteiger charge is -2.12. The summed E-state index contributed by atoms with van der Waals surface area (Å²) < 4.78 is 46.1. The topological polar surface area (TPSA) is 56.1 Å². The van der Waals surface area contributed by atoms with Crippen molar-refractivity contribution in [1.82, 2.24) is 14.9 Å². The van der Waals surface area contributed by atoms with Crippen molar-refractivity contribution in [1.29, 1.82) is 0 Å². The molecular weight excluding hydrogens is 359 g/mol. The molecule has 3 rings (SSSR count). The molecule has 0 saturated heterocycles. The van der Waals surface area contributed by atoms with Crippen LogP contribution in [0.15, 0.2) is 48.5 Å². The van der Waals surface area contributed by atoms with Gasteiger partial charge in [-0.25, -0.2) is 4.98 Å². The first kappa shape index (κ1) is 18.8. The van der Waals surface area contributed by atoms with Crippen LogP contribution >= 0.6 is 0 Å². The molecule has 0 radical (unpaired) electrons. The molecule has 2 aromatic carbocycles. The number of amides is 1. The SMILES string of the molecule is Cc1cccc(OCC(=O)NCCn2c(C(F)(F)F)nc3ccccc32)c1. The van der Waals surface area contributed by atoms with Gasteiger partial charge in [0.2, 0.25) is 5.82 Å². The second-order valence-corrected chi connectivity index (χ2v) is 6.03. The number of nitrogens with one attached hydrogen (secondary N) is 1. The molecule has 0 fully saturated rings. The van der Waals surface area contributed by atoms with Crippen LogP contribution in [0.1, 0.15) is 11.4 Å². The van der Waals surface area contributed by atoms with Crippen molar-refractivity contribution in [3.05, 3.63) is 59.9 Å². The van der Waals surface area contributed by atoms with E-state index in [0.29, 0.717) is 11.3 Å². The van der Waals surface area contributed by atoms with E-state index in [0.717, 1.165) is 10.1 Å². The third kappa shape index (κ3) is 4.58. The fourth-order valence-corrected chi connectivity index (χ4v) is 2.73. The molecular formula is C19H18F3N3O2. The van der Waals surface area contributed by atoms with Crippen molar-refractivity contribution in [3.63, 3.8) is 0 Å². The average Bonchev–Trinajstić information content (AvgIpc) is 2.99. The molecule has 1 heterocycles. The van der Waals surface area contributed by atoms with Crippen LogP contribution in [0.2, 0.25) is 0 Å². The van der Waals surface area contributed by atoms with Crippen molar-refractivity contribution in [2.45, 2.75) is 19.6 Å². The molecule has 1 N–H and O–H groups in total. The first-order valence-corrected chi connectivity index (χ1v) is 8.33. The van der Waals surface area contributed by atoms with E-state index in [2.05, 4.69) is 10.3 Å². The number of ether oxygens (including phenoxy) is 1. The number of carbonyl (C=O) groups is 1. The fourth-order valence-electron chi connectivity index (χ4n) is 2.73. The summed E-state index contributed by atoms with van der Waals surface area (Å²) in [5.41, 5.74) is 1.63. The quantitative estimate of drug-likeness (QED) is 0.715. The van der Waals surface area contributed by atoms with Gasteiger partial charge in [-0.15, -0.1) is 0 Å². The summed E-state index contributed by atoms with van der Waals surface area (Å²) in [4.78, 5) is 15.6. The maximum Gasteiger partial charge on any atom is 0.449 e. The number of nitrogens with zero attached hydrogens (tertiary/aromatic N) is 2. The van der Waals surface area contributed by atoms with Crippen molar-refractivity contribution in [3.8, 4) is 5.75 Å². The van der Waals surface area contributed by atoms with Gasteiger partial charge < -0.3 is 14.6 Å². The Morgan fingerprint density at radius 3 is 2.70 bits per heavy atom. The summed E-state index contributed by atoms with van der Waals surface area (Å²) in [6.07, 6.45) is -4.57. The highest BCUT2D eigenvalue weighted by atomic mass is 19.4. The summed E-state index contributed by atoms with van der Waals surface area (Å²) in [5.74, 6) is -0.825. The first-order valence-electron chi connectivity index (χ1n) is 8.33. The van der Waals surface area contributed by atoms with Crippen LogP contribution in [0, 0.1) is 6.92 Å². The van der Waals surface area contributed by atoms with E-state index in [1.807, 2.05) is 19.1 Å². The van der Waals surface area contributed by atoms with Crippen LogP contribution in [0.5, 0.6) is 5.75 Å². The van der Waals surface area contributed by atoms with E-state index in [-0.39, 0.29) is 25.2 Å². The number of halogens is 3. The highest BCUT2D eigenvalue weighted by Crippen LogP contribution is 2.31. The van der Waals surface area contributed by atoms with Gasteiger partial charge in [-0.05, 0) is 36.8 Å². The normalized spacial score (nSPS) is 11.6. The number of hydrogen-bond acceptors (Lipinski definition) is 3. The molecule has 0 aliphatic carbocycles. The zero-order chi connectivity index (χ0) is 19.4. The van der Waals surface area contributed by atoms with Gasteiger partial charge >= 0.3 is 6.18 Å². The molecule has 0 aliphatic heterocycles. The second kappa shape index (κ2) is 7.69. The number of hydrogen-bond donors (Lipinski definition) is 1. The monoisotopic (exact) mass is 377 g/mol. The van der Waals surface area contributed by atoms with Gasteiger partial charge in [0.15, 0.2) is 6.61 Å². The largest absolute Gasteiger partial charge is 0.484 e. The Hall–Kier alpha value is -3.03. The summed E-state index contributed by atoms with van der Waals surface area (Å²) in [6.45, 7) is 1.67. The number of fused-ring (bicyclic) bond motifs is 1. The van der Waals surface area contributed by atoms with E-state index >= 15 is 0 Å². The number of alkyl halides is 3. The highest BCUT2D eigenvalue weighted by molar-refractivity contribution is 5.78. The fraction of sp³-hybridized carbons (Fsp3) is 0.263. The van der Waals surface area contributed by atoms with Crippen LogP contribution in [0.4, 0.5) is 13.2 Å². The number of para-hydroxylation sites is 2. The van der Waals surface area contributed by atoms with E-state index in [9.17, 15) is 18.0 Å². The lowest BCUT2D eigenvalue weighted by molar-refractivity contribution is -0.146. The number of rotatable bonds is 6. The molecule has 0 spiro atoms. The number of aromatic nitrogens is 2. The molecule has 142 valence electrons. The van der Waals surface area contributed by atoms with Crippen LogP contribution in [-0.4, -0.2) is 28.6 Å². The summed E-state index contributed by atoms with van der Waals surface area (Å²) in [7, 11) is 0. The van der Waals surface area contributed by atoms with Crippen LogP contribution < -0.4 is 10.1 Å². The Balaban J connectivity index is 1.61. The van der Waals surface area contributed by atoms with E-state index in [1.54, 1.807) is 30.3 Å². The van der Waals surface area contributed by atoms with E-state index < -0.39 is 17.9 Å². The minimum Gasteiger partial charge on any atom is -0.484 e. The second-order valence-electron chi connectivity index (χ2n) is 6.03. The van der Waals surface area contributed by atoms with E-state index in [1.165, 1.54) is 6.07 Å². The van der Waals surface area contributed by atoms with Crippen molar-refractivity contribution < 1.29 is 22.7 Å². The Morgan fingerprint density at radius 1 is 1.19 bits per heavy atom. The minimum absolute atomic E-state index is 0.0272. The van der Waals surface area contributed by atoms with Crippen molar-refractivity contribution in [2.75, 3.05) is 13.2 Å². The molecule has 0 aliphatic rings. The Morgan fingerprint density at radius 2 is 1.96 bits per heavy atom. The molecule has 5 nitrogen and oxygen atoms in total. The summed E-state index contributed by atoms with van der Waals surface area (Å²) in [6, 6.07) is 13.6. The van der Waals surface area contributed by atoms with Gasteiger partial charge in [0, 0.05) is 13.1 Å². The zero-order valence-corrected chi connectivity index (χ0v) is 14.6. The molecule has 1 amide bonds. The lowest BCUT2D eigenvalue weighted by atomic mass is 10.2. The number of imidazole rings is 1. The minimum atomic E-state index is -4.57. The van der Waals surface area contributed by atoms with Crippen LogP contribution in [0.3, 0.4) is 0 Å². The van der Waals surface area contributed by atoms with Gasteiger partial charge in [0.1, 0.15) is 5.75 Å². The molecule has 0 bridgehead atoms. The third-order valence-electron chi connectivity index (χ3n) is 3.93. The van der Waals surface area contributed by atoms with E-state index in [4.69, 9.17) is 4.74 Å². The molecule has 1 aromatic heterocycles.